The normalized spacial score (nSPS) is 29.8. The van der Waals surface area contributed by atoms with E-state index in [2.05, 4.69) is 5.32 Å². The molecule has 2 fully saturated rings. The van der Waals surface area contributed by atoms with Crippen LogP contribution in [0.1, 0.15) is 79.3 Å². The molecule has 0 radical (unpaired) electrons. The molecule has 2 saturated carbocycles. The lowest BCUT2D eigenvalue weighted by atomic mass is 9.50. The van der Waals surface area contributed by atoms with Crippen molar-refractivity contribution < 1.29 is 41.4 Å². The SMILES string of the molecule is COC(=O)c1cccc(NCc2ccc([C@H]3C[C@@]4(C)C(CC[C@@]4(O)C(F)(F)C(F)(F)F)C4CCC5=CC(=O)CCC5=C43)cc2)c1. The molecule has 4 aliphatic rings. The van der Waals surface area contributed by atoms with E-state index in [1.165, 1.54) is 14.0 Å². The van der Waals surface area contributed by atoms with E-state index < -0.39 is 47.3 Å². The number of carbonyl (C=O) groups excluding carboxylic acids is 2. The van der Waals surface area contributed by atoms with Crippen LogP contribution in [0.4, 0.5) is 27.6 Å². The number of fused-ring (bicyclic) bond motifs is 4. The quantitative estimate of drug-likeness (QED) is 0.251. The van der Waals surface area contributed by atoms with Crippen LogP contribution in [0.5, 0.6) is 0 Å². The third-order valence-electron chi connectivity index (χ3n) is 10.9. The minimum absolute atomic E-state index is 0.0408. The standard InChI is InChI=1S/C35H36F5NO4/c1-32-18-28(21-8-6-20(7-9-21)19-41-24-5-3-4-23(16-24)31(43)45-2)30-26-13-11-25(42)17-22(26)10-12-27(30)29(32)14-15-33(32,44)34(36,37)35(38,39)40/h3-9,16-17,27-29,41,44H,10-15,18-19H2,1-2H3/t27?,28-,29?,32+,33+/m1/s1. The van der Waals surface area contributed by atoms with Crippen molar-refractivity contribution in [1.82, 2.24) is 0 Å². The molecule has 0 spiro atoms. The van der Waals surface area contributed by atoms with Crippen molar-refractivity contribution in [2.24, 2.45) is 17.3 Å². The number of anilines is 1. The van der Waals surface area contributed by atoms with E-state index in [1.54, 1.807) is 24.3 Å². The third kappa shape index (κ3) is 5.00. The minimum Gasteiger partial charge on any atom is -0.465 e. The van der Waals surface area contributed by atoms with Gasteiger partial charge < -0.3 is 15.2 Å². The fourth-order valence-electron chi connectivity index (χ4n) is 8.66. The Morgan fingerprint density at radius 2 is 1.78 bits per heavy atom. The van der Waals surface area contributed by atoms with Crippen molar-refractivity contribution in [3.8, 4) is 0 Å². The lowest BCUT2D eigenvalue weighted by molar-refractivity contribution is -0.362. The molecule has 0 aliphatic heterocycles. The Morgan fingerprint density at radius 3 is 2.47 bits per heavy atom. The molecule has 240 valence electrons. The number of aliphatic hydroxyl groups is 1. The zero-order chi connectivity index (χ0) is 32.4. The Morgan fingerprint density at radius 1 is 1.04 bits per heavy atom. The number of hydrogen-bond acceptors (Lipinski definition) is 5. The van der Waals surface area contributed by atoms with Crippen LogP contribution in [0.3, 0.4) is 0 Å². The van der Waals surface area contributed by atoms with Crippen molar-refractivity contribution in [1.29, 1.82) is 0 Å². The summed E-state index contributed by atoms with van der Waals surface area (Å²) >= 11 is 0. The summed E-state index contributed by atoms with van der Waals surface area (Å²) in [5.74, 6) is -6.98. The molecular formula is C35H36F5NO4. The van der Waals surface area contributed by atoms with Crippen molar-refractivity contribution in [2.75, 3.05) is 12.4 Å². The van der Waals surface area contributed by atoms with Crippen molar-refractivity contribution >= 4 is 17.4 Å². The number of alkyl halides is 5. The maximum absolute atomic E-state index is 15.2. The summed E-state index contributed by atoms with van der Waals surface area (Å²) < 4.78 is 76.6. The highest BCUT2D eigenvalue weighted by Crippen LogP contribution is 2.70. The summed E-state index contributed by atoms with van der Waals surface area (Å²) in [7, 11) is 1.31. The van der Waals surface area contributed by atoms with E-state index >= 15 is 8.78 Å². The van der Waals surface area contributed by atoms with Crippen LogP contribution in [-0.4, -0.2) is 41.7 Å². The lowest BCUT2D eigenvalue weighted by Gasteiger charge is -2.56. The maximum Gasteiger partial charge on any atom is 0.456 e. The van der Waals surface area contributed by atoms with Gasteiger partial charge in [-0.3, -0.25) is 4.79 Å². The van der Waals surface area contributed by atoms with E-state index in [1.807, 2.05) is 30.3 Å². The van der Waals surface area contributed by atoms with Crippen molar-refractivity contribution in [3.63, 3.8) is 0 Å². The van der Waals surface area contributed by atoms with E-state index in [0.29, 0.717) is 43.5 Å². The highest BCUT2D eigenvalue weighted by Gasteiger charge is 2.79. The molecule has 5 atom stereocenters. The second kappa shape index (κ2) is 11.1. The molecule has 45 heavy (non-hydrogen) atoms. The third-order valence-corrected chi connectivity index (χ3v) is 10.9. The Labute approximate surface area is 258 Å². The molecule has 0 saturated heterocycles. The molecule has 5 nitrogen and oxygen atoms in total. The second-order valence-corrected chi connectivity index (χ2v) is 13.1. The molecule has 4 aliphatic carbocycles. The largest absolute Gasteiger partial charge is 0.465 e. The van der Waals surface area contributed by atoms with Gasteiger partial charge in [0, 0.05) is 30.0 Å². The number of ketones is 1. The fourth-order valence-corrected chi connectivity index (χ4v) is 8.66. The number of carbonyl (C=O) groups is 2. The van der Waals surface area contributed by atoms with Crippen LogP contribution in [0, 0.1) is 17.3 Å². The molecule has 2 aromatic rings. The molecule has 0 heterocycles. The summed E-state index contributed by atoms with van der Waals surface area (Å²) in [5, 5.41) is 14.7. The Hall–Kier alpha value is -3.53. The number of hydrogen-bond donors (Lipinski definition) is 2. The van der Waals surface area contributed by atoms with Gasteiger partial charge in [-0.2, -0.15) is 22.0 Å². The van der Waals surface area contributed by atoms with Crippen molar-refractivity contribution in [3.05, 3.63) is 88.0 Å². The Bertz CT molecular complexity index is 1580. The number of allylic oxidation sites excluding steroid dienone is 4. The number of methoxy groups -OCH3 is 1. The number of benzene rings is 2. The molecule has 0 aromatic heterocycles. The molecule has 0 amide bonds. The van der Waals surface area contributed by atoms with Crippen LogP contribution >= 0.6 is 0 Å². The molecule has 2 aromatic carbocycles. The highest BCUT2D eigenvalue weighted by molar-refractivity contribution is 5.93. The summed E-state index contributed by atoms with van der Waals surface area (Å²) in [4.78, 5) is 24.2. The number of halogens is 5. The second-order valence-electron chi connectivity index (χ2n) is 13.1. The number of rotatable bonds is 6. The van der Waals surface area contributed by atoms with Crippen LogP contribution in [-0.2, 0) is 16.1 Å². The van der Waals surface area contributed by atoms with Gasteiger partial charge in [0.15, 0.2) is 5.78 Å². The van der Waals surface area contributed by atoms with Gasteiger partial charge in [-0.25, -0.2) is 4.79 Å². The molecule has 2 unspecified atom stereocenters. The lowest BCUT2D eigenvalue weighted by Crippen LogP contribution is -2.65. The van der Waals surface area contributed by atoms with Crippen LogP contribution in [0.25, 0.3) is 0 Å². The molecule has 0 bridgehead atoms. The minimum atomic E-state index is -5.88. The first-order valence-corrected chi connectivity index (χ1v) is 15.3. The molecular weight excluding hydrogens is 593 g/mol. The molecule has 10 heteroatoms. The van der Waals surface area contributed by atoms with Gasteiger partial charge in [0.25, 0.3) is 0 Å². The average Bonchev–Trinajstić information content (AvgIpc) is 3.30. The van der Waals surface area contributed by atoms with Gasteiger partial charge in [-0.1, -0.05) is 42.8 Å². The Balaban J connectivity index is 1.35. The van der Waals surface area contributed by atoms with E-state index in [4.69, 9.17) is 4.74 Å². The highest BCUT2D eigenvalue weighted by atomic mass is 19.4. The monoisotopic (exact) mass is 629 g/mol. The van der Waals surface area contributed by atoms with Gasteiger partial charge in [-0.15, -0.1) is 0 Å². The van der Waals surface area contributed by atoms with Gasteiger partial charge in [0.05, 0.1) is 12.7 Å². The zero-order valence-corrected chi connectivity index (χ0v) is 25.1. The van der Waals surface area contributed by atoms with Crippen LogP contribution in [0.15, 0.2) is 71.3 Å². The summed E-state index contributed by atoms with van der Waals surface area (Å²) in [6, 6.07) is 14.4. The van der Waals surface area contributed by atoms with Gasteiger partial charge in [-0.05, 0) is 96.9 Å². The number of nitrogens with one attached hydrogen (secondary N) is 1. The summed E-state index contributed by atoms with van der Waals surface area (Å²) in [6.07, 6.45) is -2.88. The molecule has 6 rings (SSSR count). The number of ether oxygens (including phenoxy) is 1. The van der Waals surface area contributed by atoms with E-state index in [9.17, 15) is 27.9 Å². The Kier molecular flexibility index (Phi) is 7.74. The first-order chi connectivity index (χ1) is 21.2. The first-order valence-electron chi connectivity index (χ1n) is 15.3. The summed E-state index contributed by atoms with van der Waals surface area (Å²) in [5.41, 5.74) is 0.864. The number of esters is 1. The summed E-state index contributed by atoms with van der Waals surface area (Å²) in [6.45, 7) is 1.84. The van der Waals surface area contributed by atoms with Crippen LogP contribution < -0.4 is 5.32 Å². The van der Waals surface area contributed by atoms with Crippen LogP contribution in [0.2, 0.25) is 0 Å². The maximum atomic E-state index is 15.2. The van der Waals surface area contributed by atoms with Gasteiger partial charge >= 0.3 is 18.1 Å². The topological polar surface area (TPSA) is 75.6 Å². The zero-order valence-electron chi connectivity index (χ0n) is 25.1. The van der Waals surface area contributed by atoms with Gasteiger partial charge in [0.1, 0.15) is 5.60 Å². The first kappa shape index (κ1) is 31.5. The van der Waals surface area contributed by atoms with E-state index in [0.717, 1.165) is 27.8 Å². The van der Waals surface area contributed by atoms with E-state index in [-0.39, 0.29) is 24.5 Å². The molecule has 2 N–H and O–H groups in total. The van der Waals surface area contributed by atoms with Gasteiger partial charge in [0.2, 0.25) is 0 Å². The van der Waals surface area contributed by atoms with Crippen molar-refractivity contribution in [2.45, 2.75) is 82.0 Å². The predicted octanol–water partition coefficient (Wildman–Crippen LogP) is 7.91. The smallest absolute Gasteiger partial charge is 0.456 e. The fraction of sp³-hybridized carbons (Fsp3) is 0.486. The predicted molar refractivity (Wildman–Crippen MR) is 158 cm³/mol. The average molecular weight is 630 g/mol.